The lowest BCUT2D eigenvalue weighted by molar-refractivity contribution is 0.0955. The standard InChI is InChI=1S/C17H16ClN3O3S/c1-25(23,24)21(14-8-6-13(12-19)7-9-14)11-10-20-17(22)15-4-2-3-5-16(15)18/h2-9H,10-11H2,1H3,(H,20,22). The summed E-state index contributed by atoms with van der Waals surface area (Å²) in [5.41, 5.74) is 1.19. The lowest BCUT2D eigenvalue weighted by Gasteiger charge is -2.22. The van der Waals surface area contributed by atoms with Gasteiger partial charge in [-0.2, -0.15) is 5.26 Å². The monoisotopic (exact) mass is 377 g/mol. The third-order valence-electron chi connectivity index (χ3n) is 3.40. The summed E-state index contributed by atoms with van der Waals surface area (Å²) >= 11 is 5.96. The van der Waals surface area contributed by atoms with Crippen LogP contribution in [0.3, 0.4) is 0 Å². The van der Waals surface area contributed by atoms with Crippen LogP contribution in [0.2, 0.25) is 5.02 Å². The van der Waals surface area contributed by atoms with Gasteiger partial charge < -0.3 is 5.32 Å². The Morgan fingerprint density at radius 1 is 1.20 bits per heavy atom. The fourth-order valence-electron chi connectivity index (χ4n) is 2.20. The summed E-state index contributed by atoms with van der Waals surface area (Å²) in [6.07, 6.45) is 1.08. The van der Waals surface area contributed by atoms with E-state index in [1.165, 1.54) is 16.4 Å². The lowest BCUT2D eigenvalue weighted by Crippen LogP contribution is -2.38. The fraction of sp³-hybridized carbons (Fsp3) is 0.176. The molecule has 0 atom stereocenters. The summed E-state index contributed by atoms with van der Waals surface area (Å²) in [6, 6.07) is 14.8. The molecule has 0 saturated heterocycles. The SMILES string of the molecule is CS(=O)(=O)N(CCNC(=O)c1ccccc1Cl)c1ccc(C#N)cc1. The number of sulfonamides is 1. The zero-order valence-corrected chi connectivity index (χ0v) is 15.0. The summed E-state index contributed by atoms with van der Waals surface area (Å²) in [6.45, 7) is 0.165. The van der Waals surface area contributed by atoms with Crippen molar-refractivity contribution in [1.82, 2.24) is 5.32 Å². The Labute approximate surface area is 151 Å². The van der Waals surface area contributed by atoms with E-state index in [-0.39, 0.29) is 19.0 Å². The number of hydrogen-bond donors (Lipinski definition) is 1. The second-order valence-electron chi connectivity index (χ2n) is 5.23. The van der Waals surface area contributed by atoms with Gasteiger partial charge in [0.2, 0.25) is 10.0 Å². The fourth-order valence-corrected chi connectivity index (χ4v) is 3.35. The van der Waals surface area contributed by atoms with Crippen molar-refractivity contribution in [3.63, 3.8) is 0 Å². The Balaban J connectivity index is 2.07. The first kappa shape index (κ1) is 18.8. The van der Waals surface area contributed by atoms with Crippen molar-refractivity contribution in [3.05, 3.63) is 64.7 Å². The third-order valence-corrected chi connectivity index (χ3v) is 4.93. The highest BCUT2D eigenvalue weighted by Crippen LogP contribution is 2.18. The maximum Gasteiger partial charge on any atom is 0.252 e. The highest BCUT2D eigenvalue weighted by molar-refractivity contribution is 7.92. The van der Waals surface area contributed by atoms with Crippen molar-refractivity contribution in [1.29, 1.82) is 5.26 Å². The van der Waals surface area contributed by atoms with E-state index in [4.69, 9.17) is 16.9 Å². The van der Waals surface area contributed by atoms with E-state index in [0.717, 1.165) is 6.26 Å². The predicted molar refractivity (Wildman–Crippen MR) is 97.1 cm³/mol. The first-order valence-electron chi connectivity index (χ1n) is 7.33. The van der Waals surface area contributed by atoms with Gasteiger partial charge in [0, 0.05) is 6.54 Å². The zero-order valence-electron chi connectivity index (χ0n) is 13.4. The molecule has 0 unspecified atom stereocenters. The molecule has 0 aliphatic heterocycles. The number of nitriles is 1. The largest absolute Gasteiger partial charge is 0.350 e. The second kappa shape index (κ2) is 8.01. The van der Waals surface area contributed by atoms with Crippen molar-refractivity contribution in [2.75, 3.05) is 23.7 Å². The number of anilines is 1. The van der Waals surface area contributed by atoms with Crippen molar-refractivity contribution < 1.29 is 13.2 Å². The Bertz CT molecular complexity index is 905. The number of carbonyl (C=O) groups excluding carboxylic acids is 1. The van der Waals surface area contributed by atoms with Crippen LogP contribution in [0.25, 0.3) is 0 Å². The molecule has 0 aromatic heterocycles. The van der Waals surface area contributed by atoms with Crippen LogP contribution in [-0.4, -0.2) is 33.7 Å². The van der Waals surface area contributed by atoms with E-state index in [9.17, 15) is 13.2 Å². The number of halogens is 1. The average molecular weight is 378 g/mol. The number of nitrogens with zero attached hydrogens (tertiary/aromatic N) is 2. The Morgan fingerprint density at radius 3 is 2.40 bits per heavy atom. The van der Waals surface area contributed by atoms with Gasteiger partial charge in [-0.25, -0.2) is 8.42 Å². The van der Waals surface area contributed by atoms with E-state index in [0.29, 0.717) is 21.8 Å². The molecule has 0 bridgehead atoms. The number of nitrogens with one attached hydrogen (secondary N) is 1. The molecule has 0 fully saturated rings. The quantitative estimate of drug-likeness (QED) is 0.836. The molecule has 0 heterocycles. The molecule has 1 amide bonds. The molecular formula is C17H16ClN3O3S. The van der Waals surface area contributed by atoms with Gasteiger partial charge in [0.15, 0.2) is 0 Å². The second-order valence-corrected chi connectivity index (χ2v) is 7.54. The number of hydrogen-bond acceptors (Lipinski definition) is 4. The average Bonchev–Trinajstić information content (AvgIpc) is 2.58. The summed E-state index contributed by atoms with van der Waals surface area (Å²) < 4.78 is 25.2. The van der Waals surface area contributed by atoms with Gasteiger partial charge in [0.25, 0.3) is 5.91 Å². The predicted octanol–water partition coefficient (Wildman–Crippen LogP) is 2.41. The Kier molecular flexibility index (Phi) is 6.02. The van der Waals surface area contributed by atoms with Gasteiger partial charge in [-0.05, 0) is 36.4 Å². The number of carbonyl (C=O) groups is 1. The van der Waals surface area contributed by atoms with Crippen LogP contribution >= 0.6 is 11.6 Å². The summed E-state index contributed by atoms with van der Waals surface area (Å²) in [5, 5.41) is 11.8. The summed E-state index contributed by atoms with van der Waals surface area (Å²) in [4.78, 5) is 12.1. The van der Waals surface area contributed by atoms with Crippen molar-refractivity contribution in [3.8, 4) is 6.07 Å². The minimum Gasteiger partial charge on any atom is -0.350 e. The molecule has 25 heavy (non-hydrogen) atoms. The van der Waals surface area contributed by atoms with Crippen molar-refractivity contribution in [2.24, 2.45) is 0 Å². The first-order valence-corrected chi connectivity index (χ1v) is 9.56. The van der Waals surface area contributed by atoms with Crippen LogP contribution in [0, 0.1) is 11.3 Å². The van der Waals surface area contributed by atoms with Crippen molar-refractivity contribution >= 4 is 33.2 Å². The number of rotatable bonds is 6. The highest BCUT2D eigenvalue weighted by atomic mass is 35.5. The van der Waals surface area contributed by atoms with Crippen LogP contribution in [0.5, 0.6) is 0 Å². The van der Waals surface area contributed by atoms with E-state index in [2.05, 4.69) is 5.32 Å². The Morgan fingerprint density at radius 2 is 1.84 bits per heavy atom. The molecule has 0 spiro atoms. The highest BCUT2D eigenvalue weighted by Gasteiger charge is 2.18. The van der Waals surface area contributed by atoms with Crippen LogP contribution in [-0.2, 0) is 10.0 Å². The van der Waals surface area contributed by atoms with Crippen LogP contribution in [0.15, 0.2) is 48.5 Å². The molecule has 130 valence electrons. The van der Waals surface area contributed by atoms with Gasteiger partial charge in [-0.1, -0.05) is 23.7 Å². The first-order chi connectivity index (χ1) is 11.8. The molecule has 8 heteroatoms. The molecule has 0 radical (unpaired) electrons. The maximum absolute atomic E-state index is 12.1. The molecule has 2 aromatic carbocycles. The van der Waals surface area contributed by atoms with Gasteiger partial charge in [-0.15, -0.1) is 0 Å². The third kappa shape index (κ3) is 4.95. The van der Waals surface area contributed by atoms with Gasteiger partial charge >= 0.3 is 0 Å². The maximum atomic E-state index is 12.1. The van der Waals surface area contributed by atoms with E-state index in [1.54, 1.807) is 36.4 Å². The number of amides is 1. The minimum atomic E-state index is -3.54. The minimum absolute atomic E-state index is 0.0565. The normalized spacial score (nSPS) is 10.8. The van der Waals surface area contributed by atoms with E-state index < -0.39 is 10.0 Å². The van der Waals surface area contributed by atoms with Crippen LogP contribution in [0.1, 0.15) is 15.9 Å². The number of benzene rings is 2. The molecule has 1 N–H and O–H groups in total. The Hall–Kier alpha value is -2.56. The van der Waals surface area contributed by atoms with E-state index in [1.807, 2.05) is 6.07 Å². The van der Waals surface area contributed by atoms with Gasteiger partial charge in [0.1, 0.15) is 0 Å². The van der Waals surface area contributed by atoms with Crippen LogP contribution < -0.4 is 9.62 Å². The van der Waals surface area contributed by atoms with E-state index >= 15 is 0 Å². The topological polar surface area (TPSA) is 90.3 Å². The molecule has 0 aliphatic rings. The van der Waals surface area contributed by atoms with Gasteiger partial charge in [-0.3, -0.25) is 9.10 Å². The smallest absolute Gasteiger partial charge is 0.252 e. The molecule has 0 aliphatic carbocycles. The molecule has 6 nitrogen and oxygen atoms in total. The lowest BCUT2D eigenvalue weighted by atomic mass is 10.2. The molecular weight excluding hydrogens is 362 g/mol. The molecule has 2 rings (SSSR count). The molecule has 2 aromatic rings. The van der Waals surface area contributed by atoms with Crippen LogP contribution in [0.4, 0.5) is 5.69 Å². The zero-order chi connectivity index (χ0) is 18.4. The van der Waals surface area contributed by atoms with Crippen molar-refractivity contribution in [2.45, 2.75) is 0 Å². The summed E-state index contributed by atoms with van der Waals surface area (Å²) in [5.74, 6) is -0.376. The summed E-state index contributed by atoms with van der Waals surface area (Å²) in [7, 11) is -3.54. The molecule has 0 saturated carbocycles. The van der Waals surface area contributed by atoms with Gasteiger partial charge in [0.05, 0.1) is 40.7 Å².